The van der Waals surface area contributed by atoms with Crippen LogP contribution in [0.4, 0.5) is 5.69 Å². The lowest BCUT2D eigenvalue weighted by atomic mass is 10.2. The quantitative estimate of drug-likeness (QED) is 0.812. The van der Waals surface area contributed by atoms with E-state index in [-0.39, 0.29) is 11.9 Å². The number of hydrogen-bond acceptors (Lipinski definition) is 3. The normalized spacial score (nSPS) is 18.7. The molecule has 1 aliphatic carbocycles. The van der Waals surface area contributed by atoms with Gasteiger partial charge in [-0.25, -0.2) is 0 Å². The number of carbonyl (C=O) groups excluding carboxylic acids is 1. The molecule has 20 heavy (non-hydrogen) atoms. The number of anilines is 1. The van der Waals surface area contributed by atoms with Crippen LogP contribution in [0.2, 0.25) is 0 Å². The summed E-state index contributed by atoms with van der Waals surface area (Å²) in [6, 6.07) is 5.44. The molecule has 2 atom stereocenters. The van der Waals surface area contributed by atoms with Crippen LogP contribution in [0.25, 0.3) is 0 Å². The van der Waals surface area contributed by atoms with Gasteiger partial charge in [-0.2, -0.15) is 0 Å². The molecular weight excluding hydrogens is 340 g/mol. The summed E-state index contributed by atoms with van der Waals surface area (Å²) >= 11 is 3.33. The Labute approximate surface area is 130 Å². The maximum atomic E-state index is 12.5. The molecular formula is C14H19BrN2O2S. The number of hydrogen-bond donors (Lipinski definition) is 2. The van der Waals surface area contributed by atoms with Crippen LogP contribution in [0.5, 0.6) is 0 Å². The topological polar surface area (TPSA) is 72.2 Å². The third-order valence-electron chi connectivity index (χ3n) is 3.58. The standard InChI is InChI=1S/C14H19BrN2O2S/c1-9(14(18)17-11-4-2-3-5-11)20(19)13-8-10(15)6-7-12(13)16/h6-9,11H,2-5,16H2,1H3,(H,17,18). The van der Waals surface area contributed by atoms with Gasteiger partial charge >= 0.3 is 0 Å². The maximum Gasteiger partial charge on any atom is 0.236 e. The third kappa shape index (κ3) is 3.61. The minimum atomic E-state index is -1.45. The smallest absolute Gasteiger partial charge is 0.236 e. The van der Waals surface area contributed by atoms with Crippen molar-refractivity contribution in [3.05, 3.63) is 22.7 Å². The van der Waals surface area contributed by atoms with Crippen molar-refractivity contribution >= 4 is 38.3 Å². The summed E-state index contributed by atoms with van der Waals surface area (Å²) < 4.78 is 13.3. The molecule has 110 valence electrons. The molecule has 1 saturated carbocycles. The van der Waals surface area contributed by atoms with Gasteiger partial charge in [0, 0.05) is 16.2 Å². The van der Waals surface area contributed by atoms with Gasteiger partial charge in [0.2, 0.25) is 5.91 Å². The van der Waals surface area contributed by atoms with E-state index in [0.717, 1.165) is 30.2 Å². The van der Waals surface area contributed by atoms with Gasteiger partial charge in [0.1, 0.15) is 5.25 Å². The lowest BCUT2D eigenvalue weighted by Gasteiger charge is -2.17. The summed E-state index contributed by atoms with van der Waals surface area (Å²) in [5.41, 5.74) is 6.30. The fraction of sp³-hybridized carbons (Fsp3) is 0.500. The first kappa shape index (κ1) is 15.5. The van der Waals surface area contributed by atoms with E-state index < -0.39 is 16.0 Å². The molecule has 0 aliphatic heterocycles. The predicted octanol–water partition coefficient (Wildman–Crippen LogP) is 2.59. The Morgan fingerprint density at radius 2 is 2.10 bits per heavy atom. The van der Waals surface area contributed by atoms with Crippen LogP contribution in [-0.4, -0.2) is 21.4 Å². The summed E-state index contributed by atoms with van der Waals surface area (Å²) in [6.45, 7) is 1.68. The molecule has 3 N–H and O–H groups in total. The first-order chi connectivity index (χ1) is 9.49. The number of nitrogens with two attached hydrogens (primary N) is 1. The second kappa shape index (κ2) is 6.72. The van der Waals surface area contributed by atoms with E-state index in [4.69, 9.17) is 5.73 Å². The van der Waals surface area contributed by atoms with E-state index in [2.05, 4.69) is 21.2 Å². The summed E-state index contributed by atoms with van der Waals surface area (Å²) in [4.78, 5) is 12.7. The van der Waals surface area contributed by atoms with Gasteiger partial charge in [-0.1, -0.05) is 28.8 Å². The molecule has 0 radical (unpaired) electrons. The van der Waals surface area contributed by atoms with Crippen LogP contribution in [0, 0.1) is 0 Å². The molecule has 0 spiro atoms. The molecule has 1 amide bonds. The second-order valence-electron chi connectivity index (χ2n) is 5.11. The van der Waals surface area contributed by atoms with Crippen LogP contribution < -0.4 is 11.1 Å². The highest BCUT2D eigenvalue weighted by molar-refractivity contribution is 9.10. The van der Waals surface area contributed by atoms with Crippen LogP contribution in [0.1, 0.15) is 32.6 Å². The van der Waals surface area contributed by atoms with Crippen molar-refractivity contribution in [3.8, 4) is 0 Å². The molecule has 0 bridgehead atoms. The number of carbonyl (C=O) groups is 1. The lowest BCUT2D eigenvalue weighted by molar-refractivity contribution is -0.121. The first-order valence-electron chi connectivity index (χ1n) is 6.75. The molecule has 2 rings (SSSR count). The lowest BCUT2D eigenvalue weighted by Crippen LogP contribution is -2.40. The molecule has 1 aliphatic rings. The van der Waals surface area contributed by atoms with Crippen molar-refractivity contribution in [1.82, 2.24) is 5.32 Å². The fourth-order valence-corrected chi connectivity index (χ4v) is 4.06. The molecule has 0 heterocycles. The zero-order chi connectivity index (χ0) is 14.7. The Kier molecular flexibility index (Phi) is 5.21. The zero-order valence-corrected chi connectivity index (χ0v) is 13.8. The van der Waals surface area contributed by atoms with E-state index in [9.17, 15) is 9.00 Å². The van der Waals surface area contributed by atoms with Crippen molar-refractivity contribution in [1.29, 1.82) is 0 Å². The monoisotopic (exact) mass is 358 g/mol. The SMILES string of the molecule is CC(C(=O)NC1CCCC1)S(=O)c1cc(Br)ccc1N. The highest BCUT2D eigenvalue weighted by Gasteiger charge is 2.26. The summed E-state index contributed by atoms with van der Waals surface area (Å²) in [5.74, 6) is -0.158. The highest BCUT2D eigenvalue weighted by atomic mass is 79.9. The Morgan fingerprint density at radius 3 is 2.75 bits per heavy atom. The highest BCUT2D eigenvalue weighted by Crippen LogP contribution is 2.24. The predicted molar refractivity (Wildman–Crippen MR) is 84.8 cm³/mol. The summed E-state index contributed by atoms with van der Waals surface area (Å²) in [6.07, 6.45) is 4.34. The van der Waals surface area contributed by atoms with Crippen molar-refractivity contribution in [2.75, 3.05) is 5.73 Å². The van der Waals surface area contributed by atoms with Crippen molar-refractivity contribution in [2.45, 2.75) is 48.8 Å². The molecule has 1 fully saturated rings. The van der Waals surface area contributed by atoms with Gasteiger partial charge in [-0.3, -0.25) is 9.00 Å². The first-order valence-corrected chi connectivity index (χ1v) is 8.75. The largest absolute Gasteiger partial charge is 0.398 e. The summed E-state index contributed by atoms with van der Waals surface area (Å²) in [5, 5.41) is 2.37. The number of benzene rings is 1. The number of rotatable bonds is 4. The molecule has 2 unspecified atom stereocenters. The van der Waals surface area contributed by atoms with Gasteiger partial charge in [-0.05, 0) is 38.0 Å². The van der Waals surface area contributed by atoms with Crippen LogP contribution >= 0.6 is 15.9 Å². The zero-order valence-electron chi connectivity index (χ0n) is 11.4. The summed E-state index contributed by atoms with van der Waals surface area (Å²) in [7, 11) is -1.45. The number of nitrogens with one attached hydrogen (secondary N) is 1. The van der Waals surface area contributed by atoms with Crippen LogP contribution in [-0.2, 0) is 15.6 Å². The minimum absolute atomic E-state index is 0.158. The van der Waals surface area contributed by atoms with Crippen molar-refractivity contribution in [3.63, 3.8) is 0 Å². The number of nitrogen functional groups attached to an aromatic ring is 1. The molecule has 1 aromatic carbocycles. The van der Waals surface area contributed by atoms with Crippen LogP contribution in [0.3, 0.4) is 0 Å². The Bertz CT molecular complexity index is 530. The van der Waals surface area contributed by atoms with E-state index in [1.165, 1.54) is 0 Å². The van der Waals surface area contributed by atoms with E-state index in [1.54, 1.807) is 25.1 Å². The maximum absolute atomic E-state index is 12.5. The van der Waals surface area contributed by atoms with Gasteiger partial charge in [0.25, 0.3) is 0 Å². The Morgan fingerprint density at radius 1 is 1.45 bits per heavy atom. The van der Waals surface area contributed by atoms with Crippen LogP contribution in [0.15, 0.2) is 27.6 Å². The average molecular weight is 359 g/mol. The van der Waals surface area contributed by atoms with Crippen molar-refractivity contribution in [2.24, 2.45) is 0 Å². The molecule has 4 nitrogen and oxygen atoms in total. The fourth-order valence-electron chi connectivity index (χ4n) is 2.36. The Hall–Kier alpha value is -0.880. The van der Waals surface area contributed by atoms with Gasteiger partial charge in [-0.15, -0.1) is 0 Å². The Balaban J connectivity index is 2.07. The van der Waals surface area contributed by atoms with Gasteiger partial charge in [0.15, 0.2) is 0 Å². The number of halogens is 1. The van der Waals surface area contributed by atoms with E-state index in [0.29, 0.717) is 10.6 Å². The molecule has 1 aromatic rings. The second-order valence-corrected chi connectivity index (χ2v) is 7.77. The van der Waals surface area contributed by atoms with Gasteiger partial charge < -0.3 is 11.1 Å². The number of amides is 1. The molecule has 6 heteroatoms. The van der Waals surface area contributed by atoms with E-state index >= 15 is 0 Å². The minimum Gasteiger partial charge on any atom is -0.398 e. The third-order valence-corrected chi connectivity index (χ3v) is 5.72. The molecule has 0 aromatic heterocycles. The average Bonchev–Trinajstić information content (AvgIpc) is 2.92. The van der Waals surface area contributed by atoms with E-state index in [1.807, 2.05) is 0 Å². The van der Waals surface area contributed by atoms with Crippen molar-refractivity contribution < 1.29 is 9.00 Å². The molecule has 0 saturated heterocycles. The van der Waals surface area contributed by atoms with Gasteiger partial charge in [0.05, 0.1) is 15.7 Å².